The average Bonchev–Trinajstić information content (AvgIpc) is 3.03. The predicted octanol–water partition coefficient (Wildman–Crippen LogP) is 2.83. The Bertz CT molecular complexity index is 1140. The zero-order valence-electron chi connectivity index (χ0n) is 18.7. The van der Waals surface area contributed by atoms with E-state index in [0.717, 1.165) is 23.6 Å². The van der Waals surface area contributed by atoms with E-state index in [1.807, 2.05) is 24.9 Å². The Morgan fingerprint density at radius 1 is 1.00 bits per heavy atom. The molecule has 0 saturated carbocycles. The van der Waals surface area contributed by atoms with E-state index in [1.54, 1.807) is 36.4 Å². The summed E-state index contributed by atoms with van der Waals surface area (Å²) in [6.45, 7) is 4.81. The van der Waals surface area contributed by atoms with E-state index in [-0.39, 0.29) is 16.6 Å². The smallest absolute Gasteiger partial charge is 0.283 e. The van der Waals surface area contributed by atoms with Crippen molar-refractivity contribution in [3.8, 4) is 5.75 Å². The van der Waals surface area contributed by atoms with Gasteiger partial charge < -0.3 is 19.9 Å². The zero-order chi connectivity index (χ0) is 23.7. The maximum absolute atomic E-state index is 13.1. The predicted molar refractivity (Wildman–Crippen MR) is 127 cm³/mol. The second-order valence-electron chi connectivity index (χ2n) is 8.08. The number of halogens is 1. The number of aryl methyl sites for hydroxylation is 1. The molecule has 0 radical (unpaired) electrons. The Morgan fingerprint density at radius 3 is 2.30 bits per heavy atom. The lowest BCUT2D eigenvalue weighted by Gasteiger charge is -2.32. The second-order valence-corrected chi connectivity index (χ2v) is 8.46. The van der Waals surface area contributed by atoms with Gasteiger partial charge in [-0.25, -0.2) is 4.90 Å². The van der Waals surface area contributed by atoms with Crippen molar-refractivity contribution in [3.63, 3.8) is 0 Å². The van der Waals surface area contributed by atoms with E-state index < -0.39 is 11.8 Å². The van der Waals surface area contributed by atoms with Gasteiger partial charge in [0.15, 0.2) is 0 Å². The fraction of sp³-hybridized carbons (Fsp3) is 0.292. The highest BCUT2D eigenvalue weighted by Crippen LogP contribution is 2.32. The van der Waals surface area contributed by atoms with Crippen LogP contribution in [0.3, 0.4) is 0 Å². The fourth-order valence-corrected chi connectivity index (χ4v) is 4.01. The van der Waals surface area contributed by atoms with Gasteiger partial charge >= 0.3 is 0 Å². The highest BCUT2D eigenvalue weighted by atomic mass is 35.5. The first-order valence-electron chi connectivity index (χ1n) is 10.6. The minimum atomic E-state index is -0.614. The number of imide groups is 1. The van der Waals surface area contributed by atoms with Gasteiger partial charge in [0, 0.05) is 37.4 Å². The number of carbonyl (C=O) groups excluding carboxylic acids is 3. The molecule has 0 bridgehead atoms. The van der Waals surface area contributed by atoms with Gasteiger partial charge in [0.2, 0.25) is 0 Å². The first kappa shape index (κ1) is 22.8. The van der Waals surface area contributed by atoms with Crippen LogP contribution in [-0.4, -0.2) is 67.9 Å². The Hall–Kier alpha value is -3.36. The first-order chi connectivity index (χ1) is 15.8. The summed E-state index contributed by atoms with van der Waals surface area (Å²) >= 11 is 6.27. The summed E-state index contributed by atoms with van der Waals surface area (Å²) in [6.07, 6.45) is 0. The van der Waals surface area contributed by atoms with Crippen molar-refractivity contribution in [2.75, 3.05) is 50.6 Å². The van der Waals surface area contributed by atoms with Gasteiger partial charge in [-0.05, 0) is 55.9 Å². The van der Waals surface area contributed by atoms with Crippen molar-refractivity contribution in [1.29, 1.82) is 0 Å². The number of methoxy groups -OCH3 is 1. The van der Waals surface area contributed by atoms with Crippen LogP contribution in [0.1, 0.15) is 15.9 Å². The van der Waals surface area contributed by atoms with Crippen molar-refractivity contribution in [1.82, 2.24) is 9.80 Å². The standard InChI is InChI=1S/C24H25ClN4O4/c1-15-4-5-16(22(30)28-12-10-27(2)11-13-28)14-19(15)26-21-20(25)23(31)29(24(21)32)17-6-8-18(33-3)9-7-17/h4-9,14,26H,10-13H2,1-3H3. The quantitative estimate of drug-likeness (QED) is 0.679. The van der Waals surface area contributed by atoms with Crippen molar-refractivity contribution in [2.45, 2.75) is 6.92 Å². The molecule has 0 aromatic heterocycles. The van der Waals surface area contributed by atoms with Gasteiger partial charge in [0.25, 0.3) is 17.7 Å². The van der Waals surface area contributed by atoms with Crippen LogP contribution < -0.4 is 15.0 Å². The Balaban J connectivity index is 1.56. The van der Waals surface area contributed by atoms with Crippen LogP contribution in [0.4, 0.5) is 11.4 Å². The summed E-state index contributed by atoms with van der Waals surface area (Å²) in [5.74, 6) is -0.644. The first-order valence-corrected chi connectivity index (χ1v) is 11.0. The highest BCUT2D eigenvalue weighted by Gasteiger charge is 2.39. The number of hydrogen-bond donors (Lipinski definition) is 1. The van der Waals surface area contributed by atoms with Gasteiger partial charge in [-0.15, -0.1) is 0 Å². The lowest BCUT2D eigenvalue weighted by molar-refractivity contribution is -0.120. The molecule has 2 aliphatic rings. The molecular weight excluding hydrogens is 444 g/mol. The molecule has 0 unspecified atom stereocenters. The number of rotatable bonds is 5. The molecule has 4 rings (SSSR count). The lowest BCUT2D eigenvalue weighted by Crippen LogP contribution is -2.47. The third-order valence-electron chi connectivity index (χ3n) is 5.89. The highest BCUT2D eigenvalue weighted by molar-refractivity contribution is 6.53. The number of nitrogens with one attached hydrogen (secondary N) is 1. The number of nitrogens with zero attached hydrogens (tertiary/aromatic N) is 3. The van der Waals surface area contributed by atoms with Crippen LogP contribution in [0.15, 0.2) is 53.2 Å². The van der Waals surface area contributed by atoms with Gasteiger partial charge in [-0.3, -0.25) is 14.4 Å². The van der Waals surface area contributed by atoms with Crippen LogP contribution >= 0.6 is 11.6 Å². The summed E-state index contributed by atoms with van der Waals surface area (Å²) < 4.78 is 5.13. The monoisotopic (exact) mass is 468 g/mol. The summed E-state index contributed by atoms with van der Waals surface area (Å²) in [5, 5.41) is 2.80. The largest absolute Gasteiger partial charge is 0.497 e. The molecule has 0 spiro atoms. The number of carbonyl (C=O) groups is 3. The molecule has 1 fully saturated rings. The van der Waals surface area contributed by atoms with Crippen LogP contribution in [-0.2, 0) is 9.59 Å². The summed E-state index contributed by atoms with van der Waals surface area (Å²) in [7, 11) is 3.56. The summed E-state index contributed by atoms with van der Waals surface area (Å²) in [6, 6.07) is 11.8. The van der Waals surface area contributed by atoms with Crippen molar-refractivity contribution in [3.05, 3.63) is 64.3 Å². The minimum Gasteiger partial charge on any atom is -0.497 e. The summed E-state index contributed by atoms with van der Waals surface area (Å²) in [4.78, 5) is 43.8. The van der Waals surface area contributed by atoms with Crippen LogP contribution in [0.5, 0.6) is 5.75 Å². The number of likely N-dealkylation sites (N-methyl/N-ethyl adjacent to an activating group) is 1. The normalized spacial score (nSPS) is 17.1. The molecule has 1 N–H and O–H groups in total. The molecule has 0 aliphatic carbocycles. The molecule has 0 atom stereocenters. The number of anilines is 2. The molecular formula is C24H25ClN4O4. The lowest BCUT2D eigenvalue weighted by atomic mass is 10.1. The minimum absolute atomic E-state index is 0.0234. The second kappa shape index (κ2) is 9.25. The Kier molecular flexibility index (Phi) is 6.40. The molecule has 8 nitrogen and oxygen atoms in total. The van der Waals surface area contributed by atoms with Crippen molar-refractivity contribution >= 4 is 40.7 Å². The number of benzene rings is 2. The van der Waals surface area contributed by atoms with Gasteiger partial charge in [-0.2, -0.15) is 0 Å². The Morgan fingerprint density at radius 2 is 1.67 bits per heavy atom. The number of amides is 3. The topological polar surface area (TPSA) is 82.2 Å². The SMILES string of the molecule is COc1ccc(N2C(=O)C(Cl)=C(Nc3cc(C(=O)N4CCN(C)CC4)ccc3C)C2=O)cc1. The van der Waals surface area contributed by atoms with Crippen LogP contribution in [0.25, 0.3) is 0 Å². The van der Waals surface area contributed by atoms with E-state index in [2.05, 4.69) is 10.2 Å². The van der Waals surface area contributed by atoms with Gasteiger partial charge in [0.05, 0.1) is 12.8 Å². The molecule has 9 heteroatoms. The fourth-order valence-electron chi connectivity index (χ4n) is 3.79. The zero-order valence-corrected chi connectivity index (χ0v) is 19.5. The van der Waals surface area contributed by atoms with E-state index in [4.69, 9.17) is 16.3 Å². The molecule has 33 heavy (non-hydrogen) atoms. The number of ether oxygens (including phenoxy) is 1. The molecule has 2 heterocycles. The van der Waals surface area contributed by atoms with E-state index in [1.165, 1.54) is 7.11 Å². The number of piperazine rings is 1. The third-order valence-corrected chi connectivity index (χ3v) is 6.24. The molecule has 1 saturated heterocycles. The molecule has 2 aliphatic heterocycles. The maximum Gasteiger partial charge on any atom is 0.283 e. The Labute approximate surface area is 197 Å². The van der Waals surface area contributed by atoms with E-state index in [0.29, 0.717) is 35.8 Å². The summed E-state index contributed by atoms with van der Waals surface area (Å²) in [5.41, 5.74) is 2.22. The molecule has 2 aromatic rings. The van der Waals surface area contributed by atoms with Gasteiger partial charge in [-0.1, -0.05) is 17.7 Å². The van der Waals surface area contributed by atoms with Crippen molar-refractivity contribution < 1.29 is 19.1 Å². The maximum atomic E-state index is 13.1. The molecule has 3 amide bonds. The third kappa shape index (κ3) is 4.44. The molecule has 2 aromatic carbocycles. The van der Waals surface area contributed by atoms with Crippen LogP contribution in [0.2, 0.25) is 0 Å². The van der Waals surface area contributed by atoms with Crippen molar-refractivity contribution in [2.24, 2.45) is 0 Å². The van der Waals surface area contributed by atoms with E-state index >= 15 is 0 Å². The molecule has 172 valence electrons. The van der Waals surface area contributed by atoms with Gasteiger partial charge in [0.1, 0.15) is 16.5 Å². The average molecular weight is 469 g/mol. The van der Waals surface area contributed by atoms with Crippen LogP contribution in [0, 0.1) is 6.92 Å². The number of hydrogen-bond acceptors (Lipinski definition) is 6. The van der Waals surface area contributed by atoms with E-state index in [9.17, 15) is 14.4 Å².